The van der Waals surface area contributed by atoms with E-state index in [0.29, 0.717) is 15.8 Å². The third-order valence-corrected chi connectivity index (χ3v) is 4.92. The minimum absolute atomic E-state index is 0.251. The molecule has 20 heavy (non-hydrogen) atoms. The molecule has 0 saturated heterocycles. The van der Waals surface area contributed by atoms with E-state index in [1.165, 1.54) is 11.3 Å². The van der Waals surface area contributed by atoms with E-state index < -0.39 is 0 Å². The minimum Gasteiger partial charge on any atom is -0.266 e. The molecule has 2 aromatic rings. The highest BCUT2D eigenvalue weighted by molar-refractivity contribution is 7.21. The summed E-state index contributed by atoms with van der Waals surface area (Å²) in [5.74, 6) is 0.145. The van der Waals surface area contributed by atoms with Crippen molar-refractivity contribution in [2.24, 2.45) is 11.0 Å². The Hall–Kier alpha value is -1.39. The largest absolute Gasteiger partial charge is 0.282 e. The summed E-state index contributed by atoms with van der Waals surface area (Å²) in [5.41, 5.74) is 2.56. The van der Waals surface area contributed by atoms with Crippen LogP contribution in [0.3, 0.4) is 0 Å². The number of nitrogens with zero attached hydrogens (tertiary/aromatic N) is 1. The molecule has 5 heteroatoms. The first-order valence-electron chi connectivity index (χ1n) is 6.67. The number of fused-ring (bicyclic) bond motifs is 1. The van der Waals surface area contributed by atoms with Crippen molar-refractivity contribution < 1.29 is 4.79 Å². The second-order valence-electron chi connectivity index (χ2n) is 4.54. The molecule has 1 amide bonds. The van der Waals surface area contributed by atoms with E-state index in [1.807, 2.05) is 24.3 Å². The van der Waals surface area contributed by atoms with Crippen LogP contribution >= 0.6 is 22.9 Å². The van der Waals surface area contributed by atoms with Gasteiger partial charge in [0, 0.05) is 16.3 Å². The number of amides is 1. The molecule has 2 rings (SSSR count). The summed E-state index contributed by atoms with van der Waals surface area (Å²) < 4.78 is 1.01. The maximum absolute atomic E-state index is 12.1. The van der Waals surface area contributed by atoms with E-state index in [1.54, 1.807) is 6.21 Å². The molecule has 106 valence electrons. The molecular formula is C15H17ClN2OS. The van der Waals surface area contributed by atoms with Gasteiger partial charge < -0.3 is 0 Å². The highest BCUT2D eigenvalue weighted by Gasteiger charge is 2.16. The highest BCUT2D eigenvalue weighted by Crippen LogP contribution is 2.34. The van der Waals surface area contributed by atoms with Gasteiger partial charge in [-0.05, 0) is 24.8 Å². The lowest BCUT2D eigenvalue weighted by Gasteiger charge is -2.04. The second-order valence-corrected chi connectivity index (χ2v) is 5.97. The fraction of sp³-hybridized carbons (Fsp3) is 0.333. The molecular weight excluding hydrogens is 292 g/mol. The fourth-order valence-corrected chi connectivity index (χ4v) is 3.32. The minimum atomic E-state index is -0.251. The first-order valence-corrected chi connectivity index (χ1v) is 7.87. The Morgan fingerprint density at radius 2 is 2.10 bits per heavy atom. The van der Waals surface area contributed by atoms with Crippen LogP contribution in [0.5, 0.6) is 0 Å². The van der Waals surface area contributed by atoms with Gasteiger partial charge in [0.05, 0.1) is 5.02 Å². The molecule has 0 fully saturated rings. The lowest BCUT2D eigenvalue weighted by atomic mass is 10.1. The van der Waals surface area contributed by atoms with Gasteiger partial charge in [0.25, 0.3) is 5.91 Å². The monoisotopic (exact) mass is 308 g/mol. The molecule has 0 unspecified atom stereocenters. The smallest absolute Gasteiger partial charge is 0.266 e. The quantitative estimate of drug-likeness (QED) is 0.631. The van der Waals surface area contributed by atoms with Gasteiger partial charge >= 0.3 is 0 Å². The normalized spacial score (nSPS) is 11.6. The summed E-state index contributed by atoms with van der Waals surface area (Å²) in [5, 5.41) is 5.44. The van der Waals surface area contributed by atoms with Crippen molar-refractivity contribution in [3.63, 3.8) is 0 Å². The first kappa shape index (κ1) is 15.0. The summed E-state index contributed by atoms with van der Waals surface area (Å²) in [4.78, 5) is 12.6. The maximum atomic E-state index is 12.1. The van der Waals surface area contributed by atoms with Crippen LogP contribution < -0.4 is 5.43 Å². The molecule has 1 N–H and O–H groups in total. The lowest BCUT2D eigenvalue weighted by molar-refractivity contribution is 0.0959. The van der Waals surface area contributed by atoms with Gasteiger partial charge in [0.15, 0.2) is 0 Å². The van der Waals surface area contributed by atoms with Crippen LogP contribution in [0.25, 0.3) is 10.1 Å². The van der Waals surface area contributed by atoms with Crippen LogP contribution in [0.2, 0.25) is 5.02 Å². The highest BCUT2D eigenvalue weighted by atomic mass is 35.5. The molecule has 0 atom stereocenters. The molecule has 1 aromatic heterocycles. The van der Waals surface area contributed by atoms with Crippen LogP contribution in [0, 0.1) is 5.92 Å². The molecule has 1 aromatic carbocycles. The number of hydrazone groups is 1. The summed E-state index contributed by atoms with van der Waals surface area (Å²) in [6, 6.07) is 7.71. The number of thiophene rings is 1. The van der Waals surface area contributed by atoms with E-state index in [4.69, 9.17) is 11.6 Å². The first-order chi connectivity index (χ1) is 9.67. The van der Waals surface area contributed by atoms with Crippen LogP contribution in [0.1, 0.15) is 36.4 Å². The predicted octanol–water partition coefficient (Wildman–Crippen LogP) is 4.71. The van der Waals surface area contributed by atoms with Gasteiger partial charge in [-0.2, -0.15) is 5.10 Å². The standard InChI is InChI=1S/C15H17ClN2OS/c1-3-10(4-2)9-17-18-15(19)14-13(16)11-7-5-6-8-12(11)20-14/h5-10H,3-4H2,1-2H3,(H,18,19). The zero-order valence-corrected chi connectivity index (χ0v) is 13.1. The van der Waals surface area contributed by atoms with Crippen molar-refractivity contribution >= 4 is 45.1 Å². The fourth-order valence-electron chi connectivity index (χ4n) is 1.91. The second kappa shape index (κ2) is 6.86. The number of hydrogen-bond acceptors (Lipinski definition) is 3. The molecule has 1 heterocycles. The van der Waals surface area contributed by atoms with E-state index >= 15 is 0 Å². The molecule has 3 nitrogen and oxygen atoms in total. The van der Waals surface area contributed by atoms with Crippen molar-refractivity contribution in [1.82, 2.24) is 5.43 Å². The number of rotatable bonds is 5. The molecule has 0 aliphatic carbocycles. The molecule has 0 radical (unpaired) electrons. The van der Waals surface area contributed by atoms with Crippen LogP contribution in [-0.2, 0) is 0 Å². The summed E-state index contributed by atoms with van der Waals surface area (Å²) in [7, 11) is 0. The zero-order chi connectivity index (χ0) is 14.5. The number of carbonyl (C=O) groups excluding carboxylic acids is 1. The van der Waals surface area contributed by atoms with E-state index in [0.717, 1.165) is 22.9 Å². The third kappa shape index (κ3) is 3.19. The number of halogens is 1. The number of nitrogens with one attached hydrogen (secondary N) is 1. The zero-order valence-electron chi connectivity index (χ0n) is 11.5. The Morgan fingerprint density at radius 1 is 1.40 bits per heavy atom. The van der Waals surface area contributed by atoms with Gasteiger partial charge in [-0.1, -0.05) is 43.6 Å². The summed E-state index contributed by atoms with van der Waals surface area (Å²) in [6.07, 6.45) is 3.82. The molecule has 0 bridgehead atoms. The third-order valence-electron chi connectivity index (χ3n) is 3.24. The van der Waals surface area contributed by atoms with E-state index in [2.05, 4.69) is 24.4 Å². The number of benzene rings is 1. The predicted molar refractivity (Wildman–Crippen MR) is 86.9 cm³/mol. The van der Waals surface area contributed by atoms with Gasteiger partial charge in [-0.15, -0.1) is 11.3 Å². The van der Waals surface area contributed by atoms with Crippen molar-refractivity contribution in [2.75, 3.05) is 0 Å². The van der Waals surface area contributed by atoms with Gasteiger partial charge in [-0.25, -0.2) is 5.43 Å². The molecule has 0 saturated carbocycles. The van der Waals surface area contributed by atoms with Crippen molar-refractivity contribution in [1.29, 1.82) is 0 Å². The Morgan fingerprint density at radius 3 is 2.75 bits per heavy atom. The average molecular weight is 309 g/mol. The molecule has 0 aliphatic heterocycles. The van der Waals surface area contributed by atoms with Crippen LogP contribution in [0.4, 0.5) is 0 Å². The number of hydrogen-bond donors (Lipinski definition) is 1. The Kier molecular flexibility index (Phi) is 5.15. The van der Waals surface area contributed by atoms with Gasteiger partial charge in [0.1, 0.15) is 4.88 Å². The summed E-state index contributed by atoms with van der Waals surface area (Å²) >= 11 is 7.63. The molecule has 0 spiro atoms. The van der Waals surface area contributed by atoms with Gasteiger partial charge in [-0.3, -0.25) is 4.79 Å². The Balaban J connectivity index is 2.14. The Labute approximate surface area is 127 Å². The van der Waals surface area contributed by atoms with E-state index in [9.17, 15) is 4.79 Å². The van der Waals surface area contributed by atoms with Crippen LogP contribution in [-0.4, -0.2) is 12.1 Å². The van der Waals surface area contributed by atoms with Crippen molar-refractivity contribution in [3.05, 3.63) is 34.2 Å². The van der Waals surface area contributed by atoms with Crippen LogP contribution in [0.15, 0.2) is 29.4 Å². The number of carbonyl (C=O) groups is 1. The van der Waals surface area contributed by atoms with Crippen molar-refractivity contribution in [2.45, 2.75) is 26.7 Å². The Bertz CT molecular complexity index is 632. The average Bonchev–Trinajstić information content (AvgIpc) is 2.81. The SMILES string of the molecule is CCC(C=NNC(=O)c1sc2ccccc2c1Cl)CC. The maximum Gasteiger partial charge on any atom is 0.282 e. The topological polar surface area (TPSA) is 41.5 Å². The summed E-state index contributed by atoms with van der Waals surface area (Å²) in [6.45, 7) is 4.20. The van der Waals surface area contributed by atoms with Crippen molar-refractivity contribution in [3.8, 4) is 0 Å². The lowest BCUT2D eigenvalue weighted by Crippen LogP contribution is -2.17. The van der Waals surface area contributed by atoms with E-state index in [-0.39, 0.29) is 5.91 Å². The molecule has 0 aliphatic rings. The van der Waals surface area contributed by atoms with Gasteiger partial charge in [0.2, 0.25) is 0 Å².